The molecule has 116 valence electrons. The Balaban J connectivity index is 1.93. The van der Waals surface area contributed by atoms with E-state index in [0.717, 1.165) is 42.7 Å². The van der Waals surface area contributed by atoms with E-state index in [9.17, 15) is 4.79 Å². The van der Waals surface area contributed by atoms with Gasteiger partial charge in [0.2, 0.25) is 0 Å². The third-order valence-electron chi connectivity index (χ3n) is 4.15. The summed E-state index contributed by atoms with van der Waals surface area (Å²) >= 11 is 0. The van der Waals surface area contributed by atoms with Crippen molar-refractivity contribution in [2.75, 3.05) is 32.0 Å². The first-order valence-electron chi connectivity index (χ1n) is 7.95. The van der Waals surface area contributed by atoms with Gasteiger partial charge in [0.05, 0.1) is 5.56 Å². The molecule has 0 aromatic heterocycles. The Morgan fingerprint density at radius 3 is 2.67 bits per heavy atom. The van der Waals surface area contributed by atoms with Gasteiger partial charge < -0.3 is 15.5 Å². The van der Waals surface area contributed by atoms with Gasteiger partial charge in [-0.3, -0.25) is 4.79 Å². The normalized spacial score (nSPS) is 16.7. The van der Waals surface area contributed by atoms with Crippen LogP contribution in [-0.2, 0) is 0 Å². The largest absolute Gasteiger partial charge is 0.387 e. The van der Waals surface area contributed by atoms with Crippen molar-refractivity contribution in [3.63, 3.8) is 0 Å². The summed E-state index contributed by atoms with van der Waals surface area (Å²) in [5.41, 5.74) is 2.79. The first-order valence-corrected chi connectivity index (χ1v) is 7.95. The lowest BCUT2D eigenvalue weighted by Gasteiger charge is -2.32. The molecule has 0 unspecified atom stereocenters. The zero-order chi connectivity index (χ0) is 15.2. The highest BCUT2D eigenvalue weighted by molar-refractivity contribution is 5.99. The summed E-state index contributed by atoms with van der Waals surface area (Å²) in [4.78, 5) is 14.9. The minimum absolute atomic E-state index is 0.0355. The van der Waals surface area contributed by atoms with E-state index in [-0.39, 0.29) is 5.91 Å². The van der Waals surface area contributed by atoms with Crippen LogP contribution in [0, 0.1) is 6.92 Å². The first kappa shape index (κ1) is 15.8. The predicted octanol–water partition coefficient (Wildman–Crippen LogP) is 2.64. The van der Waals surface area contributed by atoms with E-state index in [0.29, 0.717) is 6.04 Å². The van der Waals surface area contributed by atoms with Crippen molar-refractivity contribution in [2.45, 2.75) is 39.2 Å². The van der Waals surface area contributed by atoms with Crippen molar-refractivity contribution in [1.82, 2.24) is 10.2 Å². The van der Waals surface area contributed by atoms with Gasteiger partial charge >= 0.3 is 0 Å². The second kappa shape index (κ2) is 7.46. The van der Waals surface area contributed by atoms with Gasteiger partial charge in [-0.05, 0) is 50.4 Å². The van der Waals surface area contributed by atoms with Crippen LogP contribution in [-0.4, -0.2) is 43.5 Å². The molecule has 1 fully saturated rings. The quantitative estimate of drug-likeness (QED) is 0.876. The maximum absolute atomic E-state index is 12.4. The number of hydrogen-bond donors (Lipinski definition) is 2. The number of piperidine rings is 1. The summed E-state index contributed by atoms with van der Waals surface area (Å²) in [6.07, 6.45) is 3.30. The second-order valence-corrected chi connectivity index (χ2v) is 5.89. The van der Waals surface area contributed by atoms with Gasteiger partial charge in [0, 0.05) is 31.9 Å². The molecule has 1 heterocycles. The molecule has 0 saturated carbocycles. The SMILES string of the molecule is CCCN1CCC(NC(=O)c2ccc(C)cc2NC)CC1. The van der Waals surface area contributed by atoms with Crippen molar-refractivity contribution < 1.29 is 4.79 Å². The van der Waals surface area contributed by atoms with Gasteiger partial charge in [0.15, 0.2) is 0 Å². The molecule has 4 nitrogen and oxygen atoms in total. The lowest BCUT2D eigenvalue weighted by molar-refractivity contribution is 0.0912. The predicted molar refractivity (Wildman–Crippen MR) is 87.9 cm³/mol. The minimum atomic E-state index is 0.0355. The number of aryl methyl sites for hydroxylation is 1. The summed E-state index contributed by atoms with van der Waals surface area (Å²) in [5.74, 6) is 0.0355. The Morgan fingerprint density at radius 2 is 2.05 bits per heavy atom. The molecule has 1 aliphatic heterocycles. The van der Waals surface area contributed by atoms with E-state index in [1.807, 2.05) is 32.2 Å². The van der Waals surface area contributed by atoms with Gasteiger partial charge in [-0.25, -0.2) is 0 Å². The molecule has 0 bridgehead atoms. The molecule has 0 radical (unpaired) electrons. The molecule has 21 heavy (non-hydrogen) atoms. The fourth-order valence-corrected chi connectivity index (χ4v) is 2.94. The molecule has 1 saturated heterocycles. The molecule has 0 aliphatic carbocycles. The van der Waals surface area contributed by atoms with Gasteiger partial charge in [0.1, 0.15) is 0 Å². The fourth-order valence-electron chi connectivity index (χ4n) is 2.94. The van der Waals surface area contributed by atoms with Gasteiger partial charge in [-0.1, -0.05) is 13.0 Å². The van der Waals surface area contributed by atoms with Crippen LogP contribution in [0.3, 0.4) is 0 Å². The number of carbonyl (C=O) groups excluding carboxylic acids is 1. The second-order valence-electron chi connectivity index (χ2n) is 5.89. The molecule has 2 N–H and O–H groups in total. The lowest BCUT2D eigenvalue weighted by Crippen LogP contribution is -2.44. The van der Waals surface area contributed by atoms with E-state index in [1.54, 1.807) is 0 Å². The average molecular weight is 289 g/mol. The number of rotatable bonds is 5. The molecule has 0 atom stereocenters. The molecule has 1 aromatic rings. The number of hydrogen-bond acceptors (Lipinski definition) is 3. The van der Waals surface area contributed by atoms with E-state index in [2.05, 4.69) is 22.5 Å². The van der Waals surface area contributed by atoms with Crippen LogP contribution in [0.5, 0.6) is 0 Å². The standard InChI is InChI=1S/C17H27N3O/c1-4-9-20-10-7-14(8-11-20)19-17(21)15-6-5-13(2)12-16(15)18-3/h5-6,12,14,18H,4,7-11H2,1-3H3,(H,19,21). The maximum atomic E-state index is 12.4. The van der Waals surface area contributed by atoms with Crippen molar-refractivity contribution in [1.29, 1.82) is 0 Å². The highest BCUT2D eigenvalue weighted by Gasteiger charge is 2.21. The van der Waals surface area contributed by atoms with Crippen LogP contribution in [0.2, 0.25) is 0 Å². The maximum Gasteiger partial charge on any atom is 0.253 e. The molecule has 4 heteroatoms. The number of carbonyl (C=O) groups is 1. The van der Waals surface area contributed by atoms with Crippen molar-refractivity contribution >= 4 is 11.6 Å². The summed E-state index contributed by atoms with van der Waals surface area (Å²) < 4.78 is 0. The summed E-state index contributed by atoms with van der Waals surface area (Å²) in [6, 6.07) is 6.21. The van der Waals surface area contributed by atoms with Crippen LogP contribution in [0.1, 0.15) is 42.1 Å². The highest BCUT2D eigenvalue weighted by atomic mass is 16.1. The minimum Gasteiger partial charge on any atom is -0.387 e. The van der Waals surface area contributed by atoms with Gasteiger partial charge in [-0.2, -0.15) is 0 Å². The van der Waals surface area contributed by atoms with Crippen LogP contribution in [0.25, 0.3) is 0 Å². The Morgan fingerprint density at radius 1 is 1.33 bits per heavy atom. The molecule has 2 rings (SSSR count). The summed E-state index contributed by atoms with van der Waals surface area (Å²) in [6.45, 7) is 7.59. The van der Waals surface area contributed by atoms with Crippen molar-refractivity contribution in [3.8, 4) is 0 Å². The number of benzene rings is 1. The number of anilines is 1. The Bertz CT molecular complexity index is 479. The molecular formula is C17H27N3O. The third kappa shape index (κ3) is 4.21. The van der Waals surface area contributed by atoms with Crippen LogP contribution < -0.4 is 10.6 Å². The van der Waals surface area contributed by atoms with E-state index in [4.69, 9.17) is 0 Å². The number of likely N-dealkylation sites (tertiary alicyclic amines) is 1. The highest BCUT2D eigenvalue weighted by Crippen LogP contribution is 2.18. The van der Waals surface area contributed by atoms with Gasteiger partial charge in [-0.15, -0.1) is 0 Å². The molecule has 1 aliphatic rings. The lowest BCUT2D eigenvalue weighted by atomic mass is 10.0. The van der Waals surface area contributed by atoms with E-state index < -0.39 is 0 Å². The summed E-state index contributed by atoms with van der Waals surface area (Å²) in [7, 11) is 1.86. The monoisotopic (exact) mass is 289 g/mol. The molecule has 0 spiro atoms. The topological polar surface area (TPSA) is 44.4 Å². The van der Waals surface area contributed by atoms with Crippen LogP contribution in [0.4, 0.5) is 5.69 Å². The number of amides is 1. The number of nitrogens with zero attached hydrogens (tertiary/aromatic N) is 1. The third-order valence-corrected chi connectivity index (χ3v) is 4.15. The Hall–Kier alpha value is -1.55. The molecular weight excluding hydrogens is 262 g/mol. The van der Waals surface area contributed by atoms with Crippen molar-refractivity contribution in [3.05, 3.63) is 29.3 Å². The van der Waals surface area contributed by atoms with Crippen LogP contribution in [0.15, 0.2) is 18.2 Å². The first-order chi connectivity index (χ1) is 10.1. The molecule has 1 amide bonds. The molecule has 1 aromatic carbocycles. The smallest absolute Gasteiger partial charge is 0.253 e. The Kier molecular flexibility index (Phi) is 5.62. The fraction of sp³-hybridized carbons (Fsp3) is 0.588. The van der Waals surface area contributed by atoms with Crippen molar-refractivity contribution in [2.24, 2.45) is 0 Å². The van der Waals surface area contributed by atoms with E-state index >= 15 is 0 Å². The zero-order valence-electron chi connectivity index (χ0n) is 13.4. The number of nitrogens with one attached hydrogen (secondary N) is 2. The van der Waals surface area contributed by atoms with Gasteiger partial charge in [0.25, 0.3) is 5.91 Å². The average Bonchev–Trinajstić information content (AvgIpc) is 2.49. The zero-order valence-corrected chi connectivity index (χ0v) is 13.4. The van der Waals surface area contributed by atoms with E-state index in [1.165, 1.54) is 13.0 Å². The Labute approximate surface area is 127 Å². The summed E-state index contributed by atoms with van der Waals surface area (Å²) in [5, 5.41) is 6.30. The van der Waals surface area contributed by atoms with Crippen LogP contribution >= 0.6 is 0 Å².